The van der Waals surface area contributed by atoms with Gasteiger partial charge in [0.05, 0.1) is 5.69 Å². The summed E-state index contributed by atoms with van der Waals surface area (Å²) in [5.74, 6) is 1.10. The lowest BCUT2D eigenvalue weighted by atomic mass is 9.53. The standard InChI is InChI=1S/C27H31ClN2/c1-18-6-4-7-20(16-18)22-17-21-10-15-29-25(28)24(21)30-23(22)19-8-13-27(3,14-9-19)26(2)11-5-12-26/h4,6,8-10,13,15,17-18,20H,5,7,11-12,14,16H2,1-3H3. The molecule has 0 amide bonds. The zero-order valence-corrected chi connectivity index (χ0v) is 19.0. The zero-order chi connectivity index (χ0) is 20.9. The van der Waals surface area contributed by atoms with Crippen LogP contribution in [0.1, 0.15) is 76.5 Å². The molecule has 30 heavy (non-hydrogen) atoms. The maximum Gasteiger partial charge on any atom is 0.155 e. The Morgan fingerprint density at radius 1 is 1.20 bits per heavy atom. The number of hydrogen-bond acceptors (Lipinski definition) is 2. The van der Waals surface area contributed by atoms with E-state index in [9.17, 15) is 0 Å². The van der Waals surface area contributed by atoms with Crippen molar-refractivity contribution in [2.24, 2.45) is 16.7 Å². The first-order valence-electron chi connectivity index (χ1n) is 11.4. The molecule has 156 valence electrons. The lowest BCUT2D eigenvalue weighted by molar-refractivity contribution is 0.0273. The van der Waals surface area contributed by atoms with E-state index in [0.29, 0.717) is 22.4 Å². The summed E-state index contributed by atoms with van der Waals surface area (Å²) >= 11 is 6.44. The SMILES string of the molecule is CC1C=CCC(c2cc3ccnc(Cl)c3nc2C2=CCC(C)(C3(C)CCC3)C=C2)C1. The highest BCUT2D eigenvalue weighted by atomic mass is 35.5. The van der Waals surface area contributed by atoms with E-state index in [2.05, 4.69) is 62.2 Å². The second-order valence-electron chi connectivity index (χ2n) is 10.2. The number of aromatic nitrogens is 2. The molecule has 2 heterocycles. The Morgan fingerprint density at radius 2 is 2.03 bits per heavy atom. The first kappa shape index (κ1) is 20.0. The van der Waals surface area contributed by atoms with Gasteiger partial charge in [-0.25, -0.2) is 9.97 Å². The first-order chi connectivity index (χ1) is 14.4. The fourth-order valence-corrected chi connectivity index (χ4v) is 5.82. The lowest BCUT2D eigenvalue weighted by Crippen LogP contribution is -2.42. The van der Waals surface area contributed by atoms with Crippen LogP contribution in [0.2, 0.25) is 5.15 Å². The minimum atomic E-state index is 0.243. The maximum atomic E-state index is 6.44. The van der Waals surface area contributed by atoms with Crippen LogP contribution in [0, 0.1) is 16.7 Å². The topological polar surface area (TPSA) is 25.8 Å². The van der Waals surface area contributed by atoms with Crippen molar-refractivity contribution in [2.75, 3.05) is 0 Å². The van der Waals surface area contributed by atoms with Gasteiger partial charge in [-0.1, -0.05) is 69.2 Å². The molecular formula is C27H31ClN2. The lowest BCUT2D eigenvalue weighted by Gasteiger charge is -2.52. The Kier molecular flexibility index (Phi) is 4.89. The van der Waals surface area contributed by atoms with Gasteiger partial charge in [0.2, 0.25) is 0 Å². The molecule has 0 bridgehead atoms. The summed E-state index contributed by atoms with van der Waals surface area (Å²) in [5, 5.41) is 1.58. The smallest absolute Gasteiger partial charge is 0.155 e. The highest BCUT2D eigenvalue weighted by molar-refractivity contribution is 6.33. The van der Waals surface area contributed by atoms with E-state index in [4.69, 9.17) is 16.6 Å². The van der Waals surface area contributed by atoms with Gasteiger partial charge in [-0.3, -0.25) is 0 Å². The van der Waals surface area contributed by atoms with Crippen LogP contribution in [0.15, 0.2) is 48.7 Å². The summed E-state index contributed by atoms with van der Waals surface area (Å²) < 4.78 is 0. The maximum absolute atomic E-state index is 6.44. The molecule has 1 saturated carbocycles. The average molecular weight is 419 g/mol. The molecule has 5 rings (SSSR count). The second kappa shape index (κ2) is 7.34. The third kappa shape index (κ3) is 3.24. The van der Waals surface area contributed by atoms with Gasteiger partial charge < -0.3 is 0 Å². The molecule has 3 atom stereocenters. The van der Waals surface area contributed by atoms with Crippen LogP contribution in [-0.2, 0) is 0 Å². The molecule has 2 aromatic rings. The van der Waals surface area contributed by atoms with Crippen molar-refractivity contribution in [1.82, 2.24) is 9.97 Å². The van der Waals surface area contributed by atoms with Gasteiger partial charge >= 0.3 is 0 Å². The van der Waals surface area contributed by atoms with Gasteiger partial charge in [0, 0.05) is 11.6 Å². The fraction of sp³-hybridized carbons (Fsp3) is 0.481. The van der Waals surface area contributed by atoms with Crippen LogP contribution < -0.4 is 0 Å². The summed E-state index contributed by atoms with van der Waals surface area (Å²) in [6.45, 7) is 7.20. The molecule has 1 fully saturated rings. The fourth-order valence-electron chi connectivity index (χ4n) is 5.61. The molecular weight excluding hydrogens is 388 g/mol. The Balaban J connectivity index is 1.58. The molecule has 2 aromatic heterocycles. The molecule has 2 nitrogen and oxygen atoms in total. The molecule has 3 unspecified atom stereocenters. The van der Waals surface area contributed by atoms with Crippen molar-refractivity contribution < 1.29 is 0 Å². The summed E-state index contributed by atoms with van der Waals surface area (Å²) in [7, 11) is 0. The molecule has 3 aliphatic rings. The number of nitrogens with zero attached hydrogens (tertiary/aromatic N) is 2. The van der Waals surface area contributed by atoms with E-state index in [-0.39, 0.29) is 5.41 Å². The van der Waals surface area contributed by atoms with Crippen molar-refractivity contribution in [3.05, 3.63) is 65.1 Å². The number of halogens is 1. The highest BCUT2D eigenvalue weighted by Gasteiger charge is 2.46. The third-order valence-electron chi connectivity index (χ3n) is 8.19. The van der Waals surface area contributed by atoms with Crippen LogP contribution in [0.3, 0.4) is 0 Å². The second-order valence-corrected chi connectivity index (χ2v) is 10.6. The number of fused-ring (bicyclic) bond motifs is 1. The predicted molar refractivity (Wildman–Crippen MR) is 127 cm³/mol. The van der Waals surface area contributed by atoms with Gasteiger partial charge in [0.25, 0.3) is 0 Å². The quantitative estimate of drug-likeness (QED) is 0.374. The number of hydrogen-bond donors (Lipinski definition) is 0. The summed E-state index contributed by atoms with van der Waals surface area (Å²) in [4.78, 5) is 9.38. The van der Waals surface area contributed by atoms with Gasteiger partial charge in [-0.2, -0.15) is 0 Å². The number of rotatable bonds is 3. The summed E-state index contributed by atoms with van der Waals surface area (Å²) in [6.07, 6.45) is 21.1. The van der Waals surface area contributed by atoms with Crippen LogP contribution in [0.25, 0.3) is 16.5 Å². The monoisotopic (exact) mass is 418 g/mol. The van der Waals surface area contributed by atoms with Crippen molar-refractivity contribution in [1.29, 1.82) is 0 Å². The Morgan fingerprint density at radius 3 is 2.70 bits per heavy atom. The van der Waals surface area contributed by atoms with Crippen molar-refractivity contribution in [3.8, 4) is 0 Å². The average Bonchev–Trinajstić information content (AvgIpc) is 2.72. The van der Waals surface area contributed by atoms with E-state index in [1.54, 1.807) is 6.20 Å². The van der Waals surface area contributed by atoms with E-state index < -0.39 is 0 Å². The van der Waals surface area contributed by atoms with E-state index in [1.165, 1.54) is 36.8 Å². The molecule has 0 aliphatic heterocycles. The molecule has 0 spiro atoms. The van der Waals surface area contributed by atoms with Gasteiger partial charge in [-0.05, 0) is 78.0 Å². The third-order valence-corrected chi connectivity index (χ3v) is 8.46. The largest absolute Gasteiger partial charge is 0.244 e. The van der Waals surface area contributed by atoms with Crippen LogP contribution in [-0.4, -0.2) is 9.97 Å². The molecule has 0 saturated heterocycles. The Bertz CT molecular complexity index is 1080. The molecule has 0 N–H and O–H groups in total. The normalized spacial score (nSPS) is 30.2. The van der Waals surface area contributed by atoms with Crippen molar-refractivity contribution in [2.45, 2.75) is 65.2 Å². The molecule has 3 aliphatic carbocycles. The van der Waals surface area contributed by atoms with Crippen molar-refractivity contribution >= 4 is 28.1 Å². The molecule has 3 heteroatoms. The van der Waals surface area contributed by atoms with Crippen LogP contribution in [0.4, 0.5) is 0 Å². The highest BCUT2D eigenvalue weighted by Crippen LogP contribution is 2.57. The van der Waals surface area contributed by atoms with E-state index in [1.807, 2.05) is 6.07 Å². The summed E-state index contributed by atoms with van der Waals surface area (Å²) in [6, 6.07) is 4.35. The van der Waals surface area contributed by atoms with Gasteiger partial charge in [0.1, 0.15) is 5.52 Å². The molecule has 0 aromatic carbocycles. The predicted octanol–water partition coefficient (Wildman–Crippen LogP) is 7.89. The summed E-state index contributed by atoms with van der Waals surface area (Å²) in [5.41, 5.74) is 5.19. The van der Waals surface area contributed by atoms with Crippen molar-refractivity contribution in [3.63, 3.8) is 0 Å². The first-order valence-corrected chi connectivity index (χ1v) is 11.8. The zero-order valence-electron chi connectivity index (χ0n) is 18.3. The van der Waals surface area contributed by atoms with Crippen LogP contribution >= 0.6 is 11.6 Å². The Labute approximate surface area is 185 Å². The minimum Gasteiger partial charge on any atom is -0.244 e. The number of allylic oxidation sites excluding steroid dienone is 6. The molecule has 0 radical (unpaired) electrons. The Hall–Kier alpha value is -1.93. The van der Waals surface area contributed by atoms with Crippen LogP contribution in [0.5, 0.6) is 0 Å². The van der Waals surface area contributed by atoms with Gasteiger partial charge in [0.15, 0.2) is 5.15 Å². The minimum absolute atomic E-state index is 0.243. The van der Waals surface area contributed by atoms with E-state index in [0.717, 1.165) is 29.4 Å². The van der Waals surface area contributed by atoms with Gasteiger partial charge in [-0.15, -0.1) is 0 Å². The number of pyridine rings is 2. The van der Waals surface area contributed by atoms with E-state index >= 15 is 0 Å².